The average Bonchev–Trinajstić information content (AvgIpc) is 2.75. The second kappa shape index (κ2) is 4.46. The number of aromatic nitrogens is 1. The Morgan fingerprint density at radius 1 is 1.26 bits per heavy atom. The molecule has 19 heavy (non-hydrogen) atoms. The molecule has 0 aliphatic carbocycles. The molecule has 2 aromatic rings. The van der Waals surface area contributed by atoms with Gasteiger partial charge in [-0.05, 0) is 37.1 Å². The zero-order valence-electron chi connectivity index (χ0n) is 11.1. The Morgan fingerprint density at radius 2 is 2.05 bits per heavy atom. The standard InChI is InChI=1S/C15H17N3O/c1-10-9-11-5-3-4-6-13(11)18(10)14-8-7-12(16)15(17-14)19-2/h3-8,10H,9,16H2,1-2H3. The zero-order valence-corrected chi connectivity index (χ0v) is 11.1. The quantitative estimate of drug-likeness (QED) is 0.896. The Labute approximate surface area is 112 Å². The lowest BCUT2D eigenvalue weighted by molar-refractivity contribution is 0.400. The molecule has 0 radical (unpaired) electrons. The molecule has 1 aromatic heterocycles. The highest BCUT2D eigenvalue weighted by Gasteiger charge is 2.27. The van der Waals surface area contributed by atoms with Crippen LogP contribution in [0.3, 0.4) is 0 Å². The first-order chi connectivity index (χ1) is 9.20. The number of nitrogens with two attached hydrogens (primary N) is 1. The fourth-order valence-electron chi connectivity index (χ4n) is 2.65. The second-order valence-corrected chi connectivity index (χ2v) is 4.82. The van der Waals surface area contributed by atoms with Gasteiger partial charge in [-0.2, -0.15) is 4.98 Å². The minimum atomic E-state index is 0.387. The van der Waals surface area contributed by atoms with Crippen LogP contribution in [-0.2, 0) is 6.42 Å². The molecule has 1 aromatic carbocycles. The zero-order chi connectivity index (χ0) is 13.4. The van der Waals surface area contributed by atoms with Crippen molar-refractivity contribution < 1.29 is 4.74 Å². The number of hydrogen-bond donors (Lipinski definition) is 1. The maximum absolute atomic E-state index is 5.82. The van der Waals surface area contributed by atoms with E-state index in [1.807, 2.05) is 12.1 Å². The highest BCUT2D eigenvalue weighted by Crippen LogP contribution is 2.38. The molecule has 4 heteroatoms. The number of fused-ring (bicyclic) bond motifs is 1. The summed E-state index contributed by atoms with van der Waals surface area (Å²) in [5, 5.41) is 0. The summed E-state index contributed by atoms with van der Waals surface area (Å²) in [6.07, 6.45) is 1.03. The molecular weight excluding hydrogens is 238 g/mol. The van der Waals surface area contributed by atoms with Crippen LogP contribution in [0.25, 0.3) is 0 Å². The normalized spacial score (nSPS) is 17.4. The Balaban J connectivity index is 2.07. The van der Waals surface area contributed by atoms with Crippen molar-refractivity contribution in [2.24, 2.45) is 0 Å². The molecule has 1 aliphatic heterocycles. The molecule has 0 spiro atoms. The highest BCUT2D eigenvalue weighted by atomic mass is 16.5. The van der Waals surface area contributed by atoms with Crippen LogP contribution in [0, 0.1) is 0 Å². The number of pyridine rings is 1. The molecule has 1 unspecified atom stereocenters. The Bertz CT molecular complexity index is 612. The van der Waals surface area contributed by atoms with Crippen molar-refractivity contribution in [2.75, 3.05) is 17.7 Å². The van der Waals surface area contributed by atoms with Crippen LogP contribution in [0.2, 0.25) is 0 Å². The molecule has 0 fully saturated rings. The molecule has 0 saturated carbocycles. The SMILES string of the molecule is COc1nc(N2c3ccccc3CC2C)ccc1N. The Morgan fingerprint density at radius 3 is 2.84 bits per heavy atom. The smallest absolute Gasteiger partial charge is 0.238 e. The van der Waals surface area contributed by atoms with Crippen molar-refractivity contribution in [3.63, 3.8) is 0 Å². The first-order valence-corrected chi connectivity index (χ1v) is 6.38. The number of nitrogens with zero attached hydrogens (tertiary/aromatic N) is 2. The van der Waals surface area contributed by atoms with E-state index in [0.717, 1.165) is 12.2 Å². The lowest BCUT2D eigenvalue weighted by Gasteiger charge is -2.24. The predicted octanol–water partition coefficient (Wildman–Crippen LogP) is 2.76. The number of ether oxygens (including phenoxy) is 1. The lowest BCUT2D eigenvalue weighted by Crippen LogP contribution is -2.24. The number of anilines is 3. The van der Waals surface area contributed by atoms with Crippen molar-refractivity contribution in [2.45, 2.75) is 19.4 Å². The van der Waals surface area contributed by atoms with Crippen LogP contribution in [0.4, 0.5) is 17.2 Å². The number of para-hydroxylation sites is 1. The van der Waals surface area contributed by atoms with E-state index in [1.165, 1.54) is 11.3 Å². The molecular formula is C15H17N3O. The fourth-order valence-corrected chi connectivity index (χ4v) is 2.65. The summed E-state index contributed by atoms with van der Waals surface area (Å²) in [5.41, 5.74) is 8.95. The van der Waals surface area contributed by atoms with Gasteiger partial charge in [0.1, 0.15) is 5.82 Å². The summed E-state index contributed by atoms with van der Waals surface area (Å²) in [4.78, 5) is 6.73. The summed E-state index contributed by atoms with van der Waals surface area (Å²) >= 11 is 0. The van der Waals surface area contributed by atoms with E-state index in [4.69, 9.17) is 10.5 Å². The van der Waals surface area contributed by atoms with E-state index < -0.39 is 0 Å². The third-order valence-electron chi connectivity index (χ3n) is 3.52. The van der Waals surface area contributed by atoms with Crippen LogP contribution in [0.5, 0.6) is 5.88 Å². The molecule has 0 saturated heterocycles. The van der Waals surface area contributed by atoms with Gasteiger partial charge in [-0.25, -0.2) is 0 Å². The molecule has 1 atom stereocenters. The summed E-state index contributed by atoms with van der Waals surface area (Å²) in [6, 6.07) is 12.6. The maximum atomic E-state index is 5.82. The molecule has 98 valence electrons. The number of hydrogen-bond acceptors (Lipinski definition) is 4. The van der Waals surface area contributed by atoms with Crippen LogP contribution in [0.1, 0.15) is 12.5 Å². The Hall–Kier alpha value is -2.23. The van der Waals surface area contributed by atoms with Crippen molar-refractivity contribution in [3.8, 4) is 5.88 Å². The Kier molecular flexibility index (Phi) is 2.78. The molecule has 4 nitrogen and oxygen atoms in total. The van der Waals surface area contributed by atoms with Gasteiger partial charge in [-0.3, -0.25) is 0 Å². The topological polar surface area (TPSA) is 51.4 Å². The second-order valence-electron chi connectivity index (χ2n) is 4.82. The maximum Gasteiger partial charge on any atom is 0.238 e. The number of methoxy groups -OCH3 is 1. The van der Waals surface area contributed by atoms with Crippen molar-refractivity contribution in [1.82, 2.24) is 4.98 Å². The minimum Gasteiger partial charge on any atom is -0.479 e. The molecule has 2 N–H and O–H groups in total. The number of benzene rings is 1. The third kappa shape index (κ3) is 1.89. The fraction of sp³-hybridized carbons (Fsp3) is 0.267. The van der Waals surface area contributed by atoms with E-state index in [-0.39, 0.29) is 0 Å². The monoisotopic (exact) mass is 255 g/mol. The number of rotatable bonds is 2. The summed E-state index contributed by atoms with van der Waals surface area (Å²) < 4.78 is 5.21. The van der Waals surface area contributed by atoms with E-state index in [2.05, 4.69) is 41.1 Å². The van der Waals surface area contributed by atoms with Crippen LogP contribution in [-0.4, -0.2) is 18.1 Å². The van der Waals surface area contributed by atoms with Gasteiger partial charge in [-0.1, -0.05) is 18.2 Å². The van der Waals surface area contributed by atoms with Gasteiger partial charge in [0.2, 0.25) is 5.88 Å². The molecule has 3 rings (SSSR count). The van der Waals surface area contributed by atoms with E-state index in [1.54, 1.807) is 7.11 Å². The van der Waals surface area contributed by atoms with Crippen LogP contribution in [0.15, 0.2) is 36.4 Å². The van der Waals surface area contributed by atoms with Crippen LogP contribution < -0.4 is 15.4 Å². The minimum absolute atomic E-state index is 0.387. The van der Waals surface area contributed by atoms with Gasteiger partial charge in [0.25, 0.3) is 0 Å². The lowest BCUT2D eigenvalue weighted by atomic mass is 10.1. The van der Waals surface area contributed by atoms with Crippen molar-refractivity contribution >= 4 is 17.2 Å². The van der Waals surface area contributed by atoms with Crippen molar-refractivity contribution in [1.29, 1.82) is 0 Å². The number of nitrogen functional groups attached to an aromatic ring is 1. The van der Waals surface area contributed by atoms with Gasteiger partial charge in [0.15, 0.2) is 0 Å². The largest absolute Gasteiger partial charge is 0.479 e. The summed E-state index contributed by atoms with van der Waals surface area (Å²) in [5.74, 6) is 1.36. The first-order valence-electron chi connectivity index (χ1n) is 6.38. The average molecular weight is 255 g/mol. The molecule has 0 amide bonds. The molecule has 1 aliphatic rings. The van der Waals surface area contributed by atoms with Gasteiger partial charge in [0, 0.05) is 11.7 Å². The van der Waals surface area contributed by atoms with E-state index in [9.17, 15) is 0 Å². The van der Waals surface area contributed by atoms with E-state index in [0.29, 0.717) is 17.6 Å². The summed E-state index contributed by atoms with van der Waals surface area (Å²) in [7, 11) is 1.59. The molecule has 2 heterocycles. The van der Waals surface area contributed by atoms with E-state index >= 15 is 0 Å². The van der Waals surface area contributed by atoms with Gasteiger partial charge in [-0.15, -0.1) is 0 Å². The van der Waals surface area contributed by atoms with Gasteiger partial charge < -0.3 is 15.4 Å². The van der Waals surface area contributed by atoms with Crippen LogP contribution >= 0.6 is 0 Å². The molecule has 0 bridgehead atoms. The van der Waals surface area contributed by atoms with Crippen molar-refractivity contribution in [3.05, 3.63) is 42.0 Å². The predicted molar refractivity (Wildman–Crippen MR) is 76.9 cm³/mol. The van der Waals surface area contributed by atoms with Gasteiger partial charge >= 0.3 is 0 Å². The third-order valence-corrected chi connectivity index (χ3v) is 3.52. The highest BCUT2D eigenvalue weighted by molar-refractivity contribution is 5.70. The first kappa shape index (κ1) is 11.8. The van der Waals surface area contributed by atoms with Gasteiger partial charge in [0.05, 0.1) is 12.8 Å². The summed E-state index contributed by atoms with van der Waals surface area (Å²) in [6.45, 7) is 2.20.